The molecule has 6 heteroatoms. The fourth-order valence-corrected chi connectivity index (χ4v) is 2.57. The van der Waals surface area contributed by atoms with Crippen molar-refractivity contribution in [1.82, 2.24) is 20.2 Å². The molecular weight excluding hydrogens is 294 g/mol. The molecule has 1 fully saturated rings. The maximum atomic E-state index is 4.15. The third-order valence-corrected chi connectivity index (χ3v) is 4.08. The molecule has 1 saturated heterocycles. The molecule has 0 N–H and O–H groups in total. The lowest BCUT2D eigenvalue weighted by Gasteiger charge is -2.29. The molecule has 0 radical (unpaired) electrons. The Balaban J connectivity index is 1.88. The van der Waals surface area contributed by atoms with Crippen molar-refractivity contribution < 1.29 is 0 Å². The summed E-state index contributed by atoms with van der Waals surface area (Å²) in [5.41, 5.74) is 0.999. The molecule has 0 saturated carbocycles. The fraction of sp³-hybridized carbons (Fsp3) is 0.417. The highest BCUT2D eigenvalue weighted by Crippen LogP contribution is 2.22. The Morgan fingerprint density at radius 1 is 1.11 bits per heavy atom. The van der Waals surface area contributed by atoms with Crippen LogP contribution in [0, 0.1) is 0 Å². The number of rotatable bonds is 2. The van der Waals surface area contributed by atoms with Crippen LogP contribution in [0.4, 0.5) is 5.95 Å². The molecule has 0 bridgehead atoms. The number of alkyl halides is 1. The number of hydrogen-bond donors (Lipinski definition) is 0. The summed E-state index contributed by atoms with van der Waals surface area (Å²) in [5.74, 6) is 0.834. The molecule has 2 heterocycles. The molecule has 0 spiro atoms. The number of aromatic nitrogens is 4. The van der Waals surface area contributed by atoms with Crippen LogP contribution in [-0.2, 0) is 0 Å². The maximum Gasteiger partial charge on any atom is 0.250 e. The molecule has 1 aliphatic rings. The van der Waals surface area contributed by atoms with E-state index in [9.17, 15) is 0 Å². The van der Waals surface area contributed by atoms with E-state index < -0.39 is 0 Å². The third kappa shape index (κ3) is 2.25. The summed E-state index contributed by atoms with van der Waals surface area (Å²) >= 11 is 3.66. The van der Waals surface area contributed by atoms with E-state index in [1.54, 1.807) is 4.68 Å². The second-order valence-corrected chi connectivity index (χ2v) is 5.68. The molecule has 1 aliphatic heterocycles. The van der Waals surface area contributed by atoms with Gasteiger partial charge in [0.25, 0.3) is 0 Å². The number of hydrogen-bond acceptors (Lipinski definition) is 4. The number of halogens is 1. The number of nitrogens with zero attached hydrogens (tertiary/aromatic N) is 5. The van der Waals surface area contributed by atoms with Gasteiger partial charge in [-0.15, -0.1) is 0 Å². The van der Waals surface area contributed by atoms with Crippen molar-refractivity contribution in [2.45, 2.75) is 17.7 Å². The zero-order valence-electron chi connectivity index (χ0n) is 9.91. The monoisotopic (exact) mass is 307 g/mol. The van der Waals surface area contributed by atoms with Crippen molar-refractivity contribution in [1.29, 1.82) is 0 Å². The second kappa shape index (κ2) is 5.06. The van der Waals surface area contributed by atoms with Gasteiger partial charge in [-0.25, -0.2) is 0 Å². The van der Waals surface area contributed by atoms with E-state index in [0.29, 0.717) is 4.83 Å². The molecule has 2 aromatic rings. The van der Waals surface area contributed by atoms with Crippen molar-refractivity contribution in [3.63, 3.8) is 0 Å². The van der Waals surface area contributed by atoms with Crippen LogP contribution in [0.15, 0.2) is 30.3 Å². The van der Waals surface area contributed by atoms with Crippen LogP contribution in [0.5, 0.6) is 0 Å². The molecule has 3 rings (SSSR count). The topological polar surface area (TPSA) is 46.8 Å². The van der Waals surface area contributed by atoms with Crippen LogP contribution >= 0.6 is 15.9 Å². The second-order valence-electron chi connectivity index (χ2n) is 4.39. The summed E-state index contributed by atoms with van der Waals surface area (Å²) in [6, 6.07) is 10.00. The van der Waals surface area contributed by atoms with Gasteiger partial charge in [0.15, 0.2) is 0 Å². The van der Waals surface area contributed by atoms with Gasteiger partial charge in [-0.2, -0.15) is 4.68 Å². The summed E-state index contributed by atoms with van der Waals surface area (Å²) in [6.07, 6.45) is 2.25. The largest absolute Gasteiger partial charge is 0.339 e. The van der Waals surface area contributed by atoms with Gasteiger partial charge >= 0.3 is 0 Å². The third-order valence-electron chi connectivity index (χ3n) is 3.16. The van der Waals surface area contributed by atoms with Gasteiger partial charge in [0, 0.05) is 17.9 Å². The summed E-state index contributed by atoms with van der Waals surface area (Å²) in [7, 11) is 0. The standard InChI is InChI=1S/C12H14BrN5/c13-10-6-8-17(9-7-10)12-14-15-16-18(12)11-4-2-1-3-5-11/h1-5,10H,6-9H2. The Labute approximate surface area is 114 Å². The Bertz CT molecular complexity index is 504. The summed E-state index contributed by atoms with van der Waals surface area (Å²) in [6.45, 7) is 1.98. The number of para-hydroxylation sites is 1. The molecule has 5 nitrogen and oxygen atoms in total. The lowest BCUT2D eigenvalue weighted by molar-refractivity contribution is 0.581. The lowest BCUT2D eigenvalue weighted by atomic mass is 10.1. The first-order valence-corrected chi connectivity index (χ1v) is 6.99. The molecule has 18 heavy (non-hydrogen) atoms. The number of piperidine rings is 1. The first-order chi connectivity index (χ1) is 8.84. The zero-order valence-corrected chi connectivity index (χ0v) is 11.5. The van der Waals surface area contributed by atoms with E-state index >= 15 is 0 Å². The minimum atomic E-state index is 0.620. The number of anilines is 1. The Hall–Kier alpha value is -1.43. The normalized spacial score (nSPS) is 17.1. The van der Waals surface area contributed by atoms with Crippen molar-refractivity contribution in [2.24, 2.45) is 0 Å². The highest BCUT2D eigenvalue weighted by Gasteiger charge is 2.21. The predicted molar refractivity (Wildman–Crippen MR) is 73.3 cm³/mol. The van der Waals surface area contributed by atoms with Gasteiger partial charge < -0.3 is 4.90 Å². The van der Waals surface area contributed by atoms with Crippen LogP contribution in [0.3, 0.4) is 0 Å². The van der Waals surface area contributed by atoms with E-state index in [0.717, 1.165) is 37.6 Å². The quantitative estimate of drug-likeness (QED) is 0.797. The average molecular weight is 308 g/mol. The van der Waals surface area contributed by atoms with E-state index in [4.69, 9.17) is 0 Å². The van der Waals surface area contributed by atoms with Crippen LogP contribution in [-0.4, -0.2) is 38.1 Å². The lowest BCUT2D eigenvalue weighted by Crippen LogP contribution is -2.35. The predicted octanol–water partition coefficient (Wildman–Crippen LogP) is 2.03. The van der Waals surface area contributed by atoms with E-state index in [1.165, 1.54) is 0 Å². The van der Waals surface area contributed by atoms with Crippen molar-refractivity contribution >= 4 is 21.9 Å². The number of benzene rings is 1. The Morgan fingerprint density at radius 2 is 1.83 bits per heavy atom. The summed E-state index contributed by atoms with van der Waals surface area (Å²) < 4.78 is 1.80. The summed E-state index contributed by atoms with van der Waals surface area (Å²) in [5, 5.41) is 12.0. The molecule has 1 aromatic heterocycles. The van der Waals surface area contributed by atoms with Gasteiger partial charge in [-0.1, -0.05) is 39.2 Å². The average Bonchev–Trinajstić information content (AvgIpc) is 2.90. The molecule has 0 unspecified atom stereocenters. The van der Waals surface area contributed by atoms with Gasteiger partial charge in [-0.3, -0.25) is 0 Å². The number of tetrazole rings is 1. The Kier molecular flexibility index (Phi) is 3.27. The van der Waals surface area contributed by atoms with Crippen LogP contribution in [0.25, 0.3) is 5.69 Å². The highest BCUT2D eigenvalue weighted by atomic mass is 79.9. The molecule has 0 atom stereocenters. The van der Waals surface area contributed by atoms with E-state index in [-0.39, 0.29) is 0 Å². The van der Waals surface area contributed by atoms with Crippen molar-refractivity contribution in [3.8, 4) is 5.69 Å². The zero-order chi connectivity index (χ0) is 12.4. The Morgan fingerprint density at radius 3 is 2.56 bits per heavy atom. The van der Waals surface area contributed by atoms with Gasteiger partial charge in [-0.05, 0) is 35.4 Å². The van der Waals surface area contributed by atoms with Gasteiger partial charge in [0.05, 0.1) is 5.69 Å². The van der Waals surface area contributed by atoms with Crippen LogP contribution in [0.1, 0.15) is 12.8 Å². The van der Waals surface area contributed by atoms with E-state index in [2.05, 4.69) is 36.4 Å². The molecule has 1 aromatic carbocycles. The molecular formula is C12H14BrN5. The minimum Gasteiger partial charge on any atom is -0.339 e. The molecule has 94 valence electrons. The SMILES string of the molecule is BrC1CCN(c2nnnn2-c2ccccc2)CC1. The van der Waals surface area contributed by atoms with E-state index in [1.807, 2.05) is 30.3 Å². The van der Waals surface area contributed by atoms with Gasteiger partial charge in [0.2, 0.25) is 5.95 Å². The fourth-order valence-electron chi connectivity index (χ4n) is 2.16. The van der Waals surface area contributed by atoms with Crippen molar-refractivity contribution in [3.05, 3.63) is 30.3 Å². The van der Waals surface area contributed by atoms with Gasteiger partial charge in [0.1, 0.15) is 0 Å². The highest BCUT2D eigenvalue weighted by molar-refractivity contribution is 9.09. The molecule has 0 aliphatic carbocycles. The smallest absolute Gasteiger partial charge is 0.250 e. The van der Waals surface area contributed by atoms with Crippen LogP contribution in [0.2, 0.25) is 0 Å². The van der Waals surface area contributed by atoms with Crippen molar-refractivity contribution in [2.75, 3.05) is 18.0 Å². The maximum absolute atomic E-state index is 4.15. The van der Waals surface area contributed by atoms with Crippen LogP contribution < -0.4 is 4.90 Å². The minimum absolute atomic E-state index is 0.620. The first kappa shape index (κ1) is 11.6. The summed E-state index contributed by atoms with van der Waals surface area (Å²) in [4.78, 5) is 2.86. The first-order valence-electron chi connectivity index (χ1n) is 6.07. The molecule has 0 amide bonds.